The van der Waals surface area contributed by atoms with Crippen molar-refractivity contribution in [3.05, 3.63) is 68.4 Å². The van der Waals surface area contributed by atoms with Gasteiger partial charge in [-0.25, -0.2) is 0 Å². The van der Waals surface area contributed by atoms with Gasteiger partial charge in [-0.3, -0.25) is 28.2 Å². The number of hydrogen-bond acceptors (Lipinski definition) is 29. The zero-order valence-electron chi connectivity index (χ0n) is 34.4. The Labute approximate surface area is 475 Å². The van der Waals surface area contributed by atoms with Gasteiger partial charge >= 0.3 is 88.7 Å². The topological polar surface area (TPSA) is 580 Å². The van der Waals surface area contributed by atoms with E-state index in [9.17, 15) is 5.11 Å². The zero-order valence-corrected chi connectivity index (χ0v) is 45.9. The molecule has 21 N–H and O–H groups in total. The van der Waals surface area contributed by atoms with Crippen molar-refractivity contribution in [2.45, 2.75) is 20.5 Å². The van der Waals surface area contributed by atoms with E-state index in [1.54, 1.807) is 26.0 Å². The summed E-state index contributed by atoms with van der Waals surface area (Å²) in [4.78, 5) is 63.1. The fraction of sp³-hybridized carbons (Fsp3) is 0.130. The Hall–Kier alpha value is -2.57. The van der Waals surface area contributed by atoms with Crippen LogP contribution < -0.4 is 140 Å². The number of hydrogen-bond donors (Lipinski definition) is 9. The third-order valence-electron chi connectivity index (χ3n) is 4.74. The van der Waals surface area contributed by atoms with Gasteiger partial charge in [0, 0.05) is 24.8 Å². The summed E-state index contributed by atoms with van der Waals surface area (Å²) in [6.45, 7) is 5.07. The first kappa shape index (κ1) is 86.6. The van der Waals surface area contributed by atoms with Crippen LogP contribution >= 0.6 is 82.8 Å². The predicted molar refractivity (Wildman–Crippen MR) is 224 cm³/mol. The van der Waals surface area contributed by atoms with Crippen molar-refractivity contribution in [3.8, 4) is 11.9 Å². The molecule has 0 bridgehead atoms. The van der Waals surface area contributed by atoms with Crippen LogP contribution in [-0.4, -0.2) is 120 Å². The maximum Gasteiger partial charge on any atom is 1.00 e. The number of aliphatic hydroxyl groups is 1. The van der Waals surface area contributed by atoms with Gasteiger partial charge in [0.05, 0.1) is 11.4 Å². The Morgan fingerprint density at radius 1 is 0.682 bits per heavy atom. The van der Waals surface area contributed by atoms with Gasteiger partial charge in [-0.2, -0.15) is 49.5 Å². The Kier molecular flexibility index (Phi) is 66.0. The number of nitrogens with two attached hydrogens (primary N) is 6. The van der Waals surface area contributed by atoms with Crippen LogP contribution in [0.25, 0.3) is 11.9 Å². The minimum Gasteiger partial charge on any atom is -0.870 e. The summed E-state index contributed by atoms with van der Waals surface area (Å²) in [7, 11) is 0. The molecule has 0 aliphatic carbocycles. The average molecular weight is 1110 g/mol. The number of carbonyl (C=O) groups is 2. The van der Waals surface area contributed by atoms with Gasteiger partial charge < -0.3 is 94.2 Å². The molecule has 6 heterocycles. The smallest absolute Gasteiger partial charge is 0.870 e. The molecule has 6 aromatic rings. The van der Waals surface area contributed by atoms with Gasteiger partial charge in [-0.15, -0.1) is 48.0 Å². The number of halogens is 7. The van der Waals surface area contributed by atoms with E-state index in [1.165, 1.54) is 9.36 Å². The molecule has 0 aliphatic rings. The second-order valence-corrected chi connectivity index (χ2v) is 10.1. The monoisotopic (exact) mass is 1110 g/mol. The number of hydrazine groups is 3. The summed E-state index contributed by atoms with van der Waals surface area (Å²) in [6.07, 6.45) is 4.49. The molecule has 0 unspecified atom stereocenters. The number of nitrogens with zero attached hydrogens (tertiary/aromatic N) is 16. The molecule has 43 heteroatoms. The molecule has 0 fully saturated rings. The number of anilines is 4. The predicted octanol–water partition coefficient (Wildman–Crippen LogP) is -12.5. The quantitative estimate of drug-likeness (QED) is 0.0187. The molecule has 6 rings (SSSR count). The summed E-state index contributed by atoms with van der Waals surface area (Å²) in [5.74, 6) is 19.7. The van der Waals surface area contributed by atoms with E-state index in [2.05, 4.69) is 110 Å². The number of aromatic nitrogens is 16. The molecule has 0 saturated carbocycles. The first-order valence-electron chi connectivity index (χ1n) is 13.8. The molecule has 0 aromatic carbocycles. The molecule has 0 amide bonds. The van der Waals surface area contributed by atoms with Crippen molar-refractivity contribution in [2.75, 3.05) is 22.3 Å². The SMILES string of the molecule is C=O.Cc1cc(N)n(-c2nc(CO)nc(-n3nc(C)cc3N)n2)n1.Cl.Cl.Clc1n[c-]nc(Cl)n1.Clc1nc(Cl)nc(Cl)n1.NN.NNc1n[c-]nc(NN)n1.O.O.O=CO[O-].[Na+].[Na+].[Na+].[OH-].[OH-]. The Morgan fingerprint density at radius 2 is 0.985 bits per heavy atom. The third-order valence-corrected chi connectivity index (χ3v) is 5.59. The maximum atomic E-state index is 9.35. The number of aliphatic hydroxyl groups excluding tert-OH is 1. The molecule has 33 nitrogen and oxygen atoms in total. The van der Waals surface area contributed by atoms with Crippen molar-refractivity contribution in [2.24, 2.45) is 23.4 Å². The van der Waals surface area contributed by atoms with E-state index in [1.807, 2.05) is 6.79 Å². The van der Waals surface area contributed by atoms with Crippen LogP contribution in [0, 0.1) is 26.5 Å². The molecular weight excluding hydrogens is 1070 g/mol. The summed E-state index contributed by atoms with van der Waals surface area (Å²) in [6, 6.07) is 3.38. The van der Waals surface area contributed by atoms with Crippen LogP contribution in [0.4, 0.5) is 23.5 Å². The van der Waals surface area contributed by atoms with E-state index in [4.69, 9.17) is 96.0 Å². The fourth-order valence-electron chi connectivity index (χ4n) is 2.95. The number of rotatable bonds is 6. The Morgan fingerprint density at radius 3 is 1.21 bits per heavy atom. The van der Waals surface area contributed by atoms with Gasteiger partial charge in [0.1, 0.15) is 47.5 Å². The van der Waals surface area contributed by atoms with Crippen molar-refractivity contribution in [3.63, 3.8) is 0 Å². The number of nitrogens with one attached hydrogen (secondary N) is 2. The minimum atomic E-state index is -0.358. The van der Waals surface area contributed by atoms with Crippen LogP contribution in [0.3, 0.4) is 0 Å². The molecule has 0 spiro atoms. The van der Waals surface area contributed by atoms with Crippen LogP contribution in [0.15, 0.2) is 12.1 Å². The molecule has 0 saturated heterocycles. The van der Waals surface area contributed by atoms with Crippen molar-refractivity contribution in [1.82, 2.24) is 79.4 Å². The second kappa shape index (κ2) is 50.3. The molecule has 356 valence electrons. The van der Waals surface area contributed by atoms with E-state index >= 15 is 0 Å². The zero-order chi connectivity index (χ0) is 43.5. The second-order valence-electron chi connectivity index (χ2n) is 8.43. The summed E-state index contributed by atoms with van der Waals surface area (Å²) in [5.41, 5.74) is 17.6. The first-order chi connectivity index (χ1) is 27.2. The fourth-order valence-corrected chi connectivity index (χ4v) is 3.84. The van der Waals surface area contributed by atoms with E-state index in [0.717, 1.165) is 11.4 Å². The van der Waals surface area contributed by atoms with Gasteiger partial charge in [0.25, 0.3) is 18.4 Å². The van der Waals surface area contributed by atoms with Crippen molar-refractivity contribution >= 4 is 120 Å². The Balaban J connectivity index is -0.0000000770. The largest absolute Gasteiger partial charge is 1.00 e. The molecule has 0 radical (unpaired) electrons. The number of carbonyl (C=O) groups excluding carboxylic acids is 2. The molecule has 0 atom stereocenters. The average Bonchev–Trinajstić information content (AvgIpc) is 3.74. The first-order valence-corrected chi connectivity index (χ1v) is 15.7. The molecule has 6 aromatic heterocycles. The summed E-state index contributed by atoms with van der Waals surface area (Å²) >= 11 is 26.5. The third kappa shape index (κ3) is 34.7. The van der Waals surface area contributed by atoms with Crippen LogP contribution in [0.1, 0.15) is 17.2 Å². The van der Waals surface area contributed by atoms with E-state index in [-0.39, 0.29) is 205 Å². The summed E-state index contributed by atoms with van der Waals surface area (Å²) < 4.78 is 2.73. The summed E-state index contributed by atoms with van der Waals surface area (Å²) in [5, 5.41) is 26.3. The van der Waals surface area contributed by atoms with Crippen molar-refractivity contribution in [1.29, 1.82) is 0 Å². The van der Waals surface area contributed by atoms with Gasteiger partial charge in [-0.05, 0) is 48.7 Å². The maximum absolute atomic E-state index is 9.35. The van der Waals surface area contributed by atoms with Gasteiger partial charge in [0.2, 0.25) is 15.9 Å². The molecular formula is C23H36Cl7N24Na3O9-2. The van der Waals surface area contributed by atoms with Crippen LogP contribution in [0.2, 0.25) is 26.4 Å². The number of nitrogen functional groups attached to an aromatic ring is 4. The minimum absolute atomic E-state index is 0. The standard InChI is InChI=1S/C12H15N9O.C3Cl3N3.C3Cl2N3.C3H6N7.CH2O3.CH2O.2ClH.H4N2.3Na.4H2O/c1-6-3-8(13)20(18-6)11-15-10(5-22)16-12(17-11)21-9(14)4-7(2)19-21;4-1-7-2(5)9-3(6)8-1;4-2-6-1-7-3(5)8-2;4-9-2-6-1-7-3(8-2)10-5;2-1-4-3;1-2;;;1-2;;;;;;;/h3-4,22H,5,13-14H2,1-2H3;;;4-5H2,(H2,6,7,8,9,10);1,3H;1H2;2*1H;1-2H2;;;;4*1H2/q;;2*-1;;;;;;3*+1;;;;/p-3. The van der Waals surface area contributed by atoms with E-state index in [0.29, 0.717) is 11.6 Å². The van der Waals surface area contributed by atoms with Crippen molar-refractivity contribution < 1.29 is 135 Å². The molecule has 0 aliphatic heterocycles. The Bertz CT molecular complexity index is 1970. The van der Waals surface area contributed by atoms with Crippen LogP contribution in [-0.2, 0) is 21.1 Å². The van der Waals surface area contributed by atoms with Gasteiger partial charge in [0.15, 0.2) is 5.82 Å². The normalized spacial score (nSPS) is 7.95. The number of aryl methyl sites for hydroxylation is 2. The van der Waals surface area contributed by atoms with E-state index < -0.39 is 0 Å². The van der Waals surface area contributed by atoms with Gasteiger partial charge in [-0.1, -0.05) is 0 Å². The van der Waals surface area contributed by atoms with Crippen LogP contribution in [0.5, 0.6) is 0 Å². The molecule has 66 heavy (non-hydrogen) atoms.